The van der Waals surface area contributed by atoms with Crippen LogP contribution in [-0.4, -0.2) is 80.9 Å². The number of hydrogen-bond acceptors (Lipinski definition) is 6. The molecule has 1 aromatic carbocycles. The Labute approximate surface area is 186 Å². The molecule has 3 rings (SSSR count). The second kappa shape index (κ2) is 10.8. The minimum Gasteiger partial charge on any atom is -0.360 e. The van der Waals surface area contributed by atoms with E-state index in [9.17, 15) is 27.2 Å². The summed E-state index contributed by atoms with van der Waals surface area (Å²) in [7, 11) is -3.97. The summed E-state index contributed by atoms with van der Waals surface area (Å²) in [4.78, 5) is 37.3. The largest absolute Gasteiger partial charge is 0.360 e. The number of carbonyl (C=O) groups is 3. The Morgan fingerprint density at radius 3 is 2.50 bits per heavy atom. The average molecular weight is 471 g/mol. The van der Waals surface area contributed by atoms with Crippen molar-refractivity contribution in [1.82, 2.24) is 19.8 Å². The Hall–Kier alpha value is -2.57. The van der Waals surface area contributed by atoms with E-state index in [1.54, 1.807) is 4.90 Å². The van der Waals surface area contributed by atoms with Gasteiger partial charge in [0, 0.05) is 32.6 Å². The van der Waals surface area contributed by atoms with E-state index >= 15 is 0 Å². The second-order valence-electron chi connectivity index (χ2n) is 7.55. The molecule has 2 aliphatic rings. The molecule has 3 amide bonds. The number of halogens is 1. The molecular formula is C20H27FN4O6S. The lowest BCUT2D eigenvalue weighted by molar-refractivity contribution is -0.140. The molecule has 1 atom stereocenters. The number of nitrogens with zero attached hydrogens (tertiary/aromatic N) is 2. The van der Waals surface area contributed by atoms with Gasteiger partial charge in [-0.1, -0.05) is 0 Å². The first-order chi connectivity index (χ1) is 15.3. The molecule has 2 heterocycles. The van der Waals surface area contributed by atoms with E-state index < -0.39 is 33.9 Å². The van der Waals surface area contributed by atoms with Crippen LogP contribution in [0.25, 0.3) is 0 Å². The van der Waals surface area contributed by atoms with E-state index in [1.807, 2.05) is 0 Å². The van der Waals surface area contributed by atoms with Gasteiger partial charge in [0.1, 0.15) is 12.0 Å². The van der Waals surface area contributed by atoms with E-state index in [2.05, 4.69) is 10.6 Å². The standard InChI is InChI=1S/C20H27FN4O6S/c21-15-5-7-16(8-6-15)32(29,30)25-12-3-13-31-18(25)14-23-20(28)19(27)22-9-2-11-24-10-1-4-17(24)26/h5-8,18H,1-4,9-14H2,(H,22,27)(H,23,28)/t18-/m0/s1. The highest BCUT2D eigenvalue weighted by Gasteiger charge is 2.35. The number of carbonyl (C=O) groups excluding carboxylic acids is 3. The fourth-order valence-corrected chi connectivity index (χ4v) is 5.16. The van der Waals surface area contributed by atoms with Crippen molar-refractivity contribution in [3.8, 4) is 0 Å². The fraction of sp³-hybridized carbons (Fsp3) is 0.550. The predicted octanol–water partition coefficient (Wildman–Crippen LogP) is -0.192. The average Bonchev–Trinajstić information content (AvgIpc) is 3.20. The maximum atomic E-state index is 13.2. The molecule has 2 aliphatic heterocycles. The highest BCUT2D eigenvalue weighted by Crippen LogP contribution is 2.22. The van der Waals surface area contributed by atoms with E-state index in [-0.39, 0.29) is 30.4 Å². The third-order valence-electron chi connectivity index (χ3n) is 5.28. The predicted molar refractivity (Wildman–Crippen MR) is 111 cm³/mol. The number of likely N-dealkylation sites (tertiary alicyclic amines) is 1. The molecule has 0 aliphatic carbocycles. The Bertz CT molecular complexity index is 940. The van der Waals surface area contributed by atoms with Gasteiger partial charge in [-0.25, -0.2) is 12.8 Å². The molecule has 0 bridgehead atoms. The van der Waals surface area contributed by atoms with Gasteiger partial charge in [-0.05, 0) is 43.5 Å². The van der Waals surface area contributed by atoms with Crippen LogP contribution in [0.15, 0.2) is 29.2 Å². The first-order valence-electron chi connectivity index (χ1n) is 10.5. The summed E-state index contributed by atoms with van der Waals surface area (Å²) in [6, 6.07) is 4.44. The van der Waals surface area contributed by atoms with Crippen molar-refractivity contribution in [3.63, 3.8) is 0 Å². The van der Waals surface area contributed by atoms with E-state index in [1.165, 1.54) is 0 Å². The van der Waals surface area contributed by atoms with E-state index in [0.29, 0.717) is 39.0 Å². The molecule has 32 heavy (non-hydrogen) atoms. The summed E-state index contributed by atoms with van der Waals surface area (Å²) in [5, 5.41) is 4.88. The van der Waals surface area contributed by atoms with Crippen LogP contribution in [0.5, 0.6) is 0 Å². The van der Waals surface area contributed by atoms with E-state index in [0.717, 1.165) is 35.0 Å². The van der Waals surface area contributed by atoms with Gasteiger partial charge in [0.2, 0.25) is 15.9 Å². The number of amides is 3. The molecular weight excluding hydrogens is 443 g/mol. The maximum Gasteiger partial charge on any atom is 0.309 e. The number of ether oxygens (including phenoxy) is 1. The zero-order chi connectivity index (χ0) is 23.1. The van der Waals surface area contributed by atoms with Crippen molar-refractivity contribution in [2.75, 3.05) is 39.3 Å². The molecule has 2 saturated heterocycles. The highest BCUT2D eigenvalue weighted by molar-refractivity contribution is 7.89. The molecule has 176 valence electrons. The van der Waals surface area contributed by atoms with Gasteiger partial charge in [0.15, 0.2) is 0 Å². The molecule has 2 N–H and O–H groups in total. The van der Waals surface area contributed by atoms with Crippen LogP contribution < -0.4 is 10.6 Å². The number of nitrogens with one attached hydrogen (secondary N) is 2. The maximum absolute atomic E-state index is 13.2. The van der Waals surface area contributed by atoms with Crippen molar-refractivity contribution in [2.45, 2.75) is 36.8 Å². The fourth-order valence-electron chi connectivity index (χ4n) is 3.60. The van der Waals surface area contributed by atoms with Crippen LogP contribution in [0.1, 0.15) is 25.7 Å². The van der Waals surface area contributed by atoms with Crippen molar-refractivity contribution in [1.29, 1.82) is 0 Å². The Kier molecular flexibility index (Phi) is 8.15. The smallest absolute Gasteiger partial charge is 0.309 e. The molecule has 12 heteroatoms. The molecule has 0 radical (unpaired) electrons. The van der Waals surface area contributed by atoms with Crippen molar-refractivity contribution in [3.05, 3.63) is 30.1 Å². The lowest BCUT2D eigenvalue weighted by atomic mass is 10.3. The molecule has 0 saturated carbocycles. The number of hydrogen-bond donors (Lipinski definition) is 2. The van der Waals surface area contributed by atoms with E-state index in [4.69, 9.17) is 4.74 Å². The quantitative estimate of drug-likeness (QED) is 0.401. The molecule has 0 unspecified atom stereocenters. The topological polar surface area (TPSA) is 125 Å². The summed E-state index contributed by atoms with van der Waals surface area (Å²) in [6.45, 7) is 1.73. The number of benzene rings is 1. The monoisotopic (exact) mass is 470 g/mol. The van der Waals surface area contributed by atoms with Gasteiger partial charge in [-0.15, -0.1) is 0 Å². The van der Waals surface area contributed by atoms with Gasteiger partial charge >= 0.3 is 11.8 Å². The Morgan fingerprint density at radius 1 is 1.09 bits per heavy atom. The zero-order valence-electron chi connectivity index (χ0n) is 17.6. The Morgan fingerprint density at radius 2 is 1.81 bits per heavy atom. The third kappa shape index (κ3) is 6.02. The normalized spacial score (nSPS) is 19.7. The van der Waals surface area contributed by atoms with Crippen LogP contribution in [-0.2, 0) is 29.1 Å². The first kappa shape index (κ1) is 24.1. The van der Waals surface area contributed by atoms with Gasteiger partial charge in [0.05, 0.1) is 18.0 Å². The summed E-state index contributed by atoms with van der Waals surface area (Å²) in [5.41, 5.74) is 0. The minimum absolute atomic E-state index is 0.0880. The van der Waals surface area contributed by atoms with Crippen molar-refractivity contribution in [2.24, 2.45) is 0 Å². The molecule has 1 aromatic rings. The first-order valence-corrected chi connectivity index (χ1v) is 12.0. The lowest BCUT2D eigenvalue weighted by Crippen LogP contribution is -2.53. The number of rotatable bonds is 8. The van der Waals surface area contributed by atoms with Crippen LogP contribution in [0, 0.1) is 5.82 Å². The van der Waals surface area contributed by atoms with Crippen LogP contribution >= 0.6 is 0 Å². The van der Waals surface area contributed by atoms with Crippen molar-refractivity contribution >= 4 is 27.7 Å². The Balaban J connectivity index is 1.48. The molecule has 0 spiro atoms. The van der Waals surface area contributed by atoms with Crippen molar-refractivity contribution < 1.29 is 31.9 Å². The SMILES string of the molecule is O=C(NCCCN1CCCC1=O)C(=O)NC[C@@H]1OCCCN1S(=O)(=O)c1ccc(F)cc1. The minimum atomic E-state index is -3.97. The summed E-state index contributed by atoms with van der Waals surface area (Å²) < 4.78 is 45.5. The highest BCUT2D eigenvalue weighted by atomic mass is 32.2. The third-order valence-corrected chi connectivity index (χ3v) is 7.18. The second-order valence-corrected chi connectivity index (χ2v) is 9.44. The van der Waals surface area contributed by atoms with Crippen LogP contribution in [0.2, 0.25) is 0 Å². The van der Waals surface area contributed by atoms with Gasteiger partial charge < -0.3 is 20.3 Å². The molecule has 10 nitrogen and oxygen atoms in total. The van der Waals surface area contributed by atoms with Crippen LogP contribution in [0.4, 0.5) is 4.39 Å². The number of sulfonamides is 1. The molecule has 2 fully saturated rings. The summed E-state index contributed by atoms with van der Waals surface area (Å²) in [6.07, 6.45) is 1.39. The van der Waals surface area contributed by atoms with Gasteiger partial charge in [0.25, 0.3) is 0 Å². The summed E-state index contributed by atoms with van der Waals surface area (Å²) >= 11 is 0. The molecule has 0 aromatic heterocycles. The van der Waals surface area contributed by atoms with Gasteiger partial charge in [-0.3, -0.25) is 14.4 Å². The van der Waals surface area contributed by atoms with Crippen LogP contribution in [0.3, 0.4) is 0 Å². The van der Waals surface area contributed by atoms with Gasteiger partial charge in [-0.2, -0.15) is 4.31 Å². The summed E-state index contributed by atoms with van der Waals surface area (Å²) in [5.74, 6) is -2.21. The lowest BCUT2D eigenvalue weighted by Gasteiger charge is -2.34. The zero-order valence-corrected chi connectivity index (χ0v) is 18.4.